The number of aromatic nitrogens is 2. The van der Waals surface area contributed by atoms with Gasteiger partial charge in [0.15, 0.2) is 0 Å². The van der Waals surface area contributed by atoms with Crippen molar-refractivity contribution in [2.24, 2.45) is 0 Å². The predicted molar refractivity (Wildman–Crippen MR) is 115 cm³/mol. The Morgan fingerprint density at radius 3 is 2.90 bits per heavy atom. The summed E-state index contributed by atoms with van der Waals surface area (Å²) in [7, 11) is 0. The number of likely N-dealkylation sites (tertiary alicyclic amines) is 1. The Labute approximate surface area is 181 Å². The highest BCUT2D eigenvalue weighted by Gasteiger charge is 2.22. The molecule has 2 aliphatic heterocycles. The minimum Gasteiger partial charge on any atom is -0.390 e. The highest BCUT2D eigenvalue weighted by Crippen LogP contribution is 2.18. The maximum atomic E-state index is 12.5. The topological polar surface area (TPSA) is 111 Å². The number of aliphatic hydroxyl groups excluding tert-OH is 1. The van der Waals surface area contributed by atoms with E-state index >= 15 is 0 Å². The lowest BCUT2D eigenvalue weighted by molar-refractivity contribution is -0.117. The van der Waals surface area contributed by atoms with Gasteiger partial charge in [0.2, 0.25) is 6.41 Å². The fourth-order valence-corrected chi connectivity index (χ4v) is 4.14. The molecule has 164 valence electrons. The van der Waals surface area contributed by atoms with E-state index in [2.05, 4.69) is 43.7 Å². The molecule has 0 radical (unpaired) electrons. The number of amides is 2. The second-order valence-electron chi connectivity index (χ2n) is 8.14. The minimum absolute atomic E-state index is 0.104. The summed E-state index contributed by atoms with van der Waals surface area (Å²) in [6.45, 7) is 3.68. The normalized spacial score (nSPS) is 19.5. The summed E-state index contributed by atoms with van der Waals surface area (Å²) in [6.07, 6.45) is 3.32. The lowest BCUT2D eigenvalue weighted by atomic mass is 10.00. The van der Waals surface area contributed by atoms with E-state index in [4.69, 9.17) is 0 Å². The van der Waals surface area contributed by atoms with Crippen molar-refractivity contribution < 1.29 is 14.7 Å². The summed E-state index contributed by atoms with van der Waals surface area (Å²) in [5.74, 6) is 0.194. The van der Waals surface area contributed by atoms with Gasteiger partial charge in [-0.15, -0.1) is 0 Å². The molecule has 2 aliphatic rings. The largest absolute Gasteiger partial charge is 0.390 e. The number of fused-ring (bicyclic) bond motifs is 1. The molecule has 1 unspecified atom stereocenters. The van der Waals surface area contributed by atoms with Crippen molar-refractivity contribution in [3.05, 3.63) is 53.5 Å². The molecule has 1 fully saturated rings. The molecular weight excluding hydrogens is 396 g/mol. The Morgan fingerprint density at radius 1 is 1.26 bits per heavy atom. The summed E-state index contributed by atoms with van der Waals surface area (Å²) in [4.78, 5) is 35.4. The van der Waals surface area contributed by atoms with Crippen LogP contribution >= 0.6 is 0 Å². The number of β-amino-alcohol motifs (C(OH)–C–C–N with tert-alkyl or cyclic N) is 1. The van der Waals surface area contributed by atoms with E-state index in [1.807, 2.05) is 6.07 Å². The lowest BCUT2D eigenvalue weighted by Gasteiger charge is -2.30. The number of benzene rings is 1. The van der Waals surface area contributed by atoms with E-state index in [0.717, 1.165) is 32.3 Å². The van der Waals surface area contributed by atoms with Crippen LogP contribution < -0.4 is 10.6 Å². The van der Waals surface area contributed by atoms with E-state index in [1.54, 1.807) is 11.0 Å². The zero-order valence-corrected chi connectivity index (χ0v) is 17.4. The number of nitrogens with one attached hydrogen (secondary N) is 2. The zero-order chi connectivity index (χ0) is 21.6. The first-order chi connectivity index (χ1) is 15.1. The van der Waals surface area contributed by atoms with E-state index in [-0.39, 0.29) is 24.2 Å². The predicted octanol–water partition coefficient (Wildman–Crippen LogP) is 0.268. The second kappa shape index (κ2) is 9.84. The third kappa shape index (κ3) is 5.56. The average molecular weight is 425 g/mol. The second-order valence-corrected chi connectivity index (χ2v) is 8.14. The molecule has 2 aromatic rings. The molecule has 3 heterocycles. The van der Waals surface area contributed by atoms with Crippen molar-refractivity contribution in [1.82, 2.24) is 25.1 Å². The summed E-state index contributed by atoms with van der Waals surface area (Å²) >= 11 is 0. The molecule has 1 saturated heterocycles. The summed E-state index contributed by atoms with van der Waals surface area (Å²) in [5, 5.41) is 16.4. The van der Waals surface area contributed by atoms with Gasteiger partial charge in [-0.2, -0.15) is 0 Å². The first-order valence-electron chi connectivity index (χ1n) is 10.6. The van der Waals surface area contributed by atoms with Gasteiger partial charge >= 0.3 is 0 Å². The molecule has 3 N–H and O–H groups in total. The highest BCUT2D eigenvalue weighted by atomic mass is 16.3. The first-order valence-corrected chi connectivity index (χ1v) is 10.6. The van der Waals surface area contributed by atoms with Gasteiger partial charge in [-0.05, 0) is 24.0 Å². The molecule has 9 nitrogen and oxygen atoms in total. The van der Waals surface area contributed by atoms with Crippen molar-refractivity contribution in [1.29, 1.82) is 0 Å². The maximum absolute atomic E-state index is 12.5. The number of carbonyl (C=O) groups excluding carboxylic acids is 2. The van der Waals surface area contributed by atoms with Gasteiger partial charge in [-0.3, -0.25) is 14.5 Å². The van der Waals surface area contributed by atoms with Gasteiger partial charge < -0.3 is 20.6 Å². The Bertz CT molecular complexity index is 924. The molecule has 1 aromatic heterocycles. The molecule has 2 atom stereocenters. The molecule has 0 bridgehead atoms. The Balaban J connectivity index is 1.24. The molecule has 2 amide bonds. The Morgan fingerprint density at radius 2 is 2.10 bits per heavy atom. The number of anilines is 1. The fraction of sp³-hybridized carbons (Fsp3) is 0.455. The fourth-order valence-electron chi connectivity index (χ4n) is 4.14. The van der Waals surface area contributed by atoms with Crippen LogP contribution in [0.15, 0.2) is 36.7 Å². The number of hydrogen-bond acceptors (Lipinski definition) is 7. The van der Waals surface area contributed by atoms with Crippen LogP contribution in [-0.2, 0) is 17.8 Å². The van der Waals surface area contributed by atoms with Crippen molar-refractivity contribution in [3.63, 3.8) is 0 Å². The van der Waals surface area contributed by atoms with Gasteiger partial charge in [-0.1, -0.05) is 24.3 Å². The highest BCUT2D eigenvalue weighted by molar-refractivity contribution is 5.92. The van der Waals surface area contributed by atoms with E-state index in [1.165, 1.54) is 17.5 Å². The third-order valence-corrected chi connectivity index (χ3v) is 5.80. The molecule has 9 heteroatoms. The van der Waals surface area contributed by atoms with Crippen LogP contribution in [0, 0.1) is 0 Å². The minimum atomic E-state index is -0.665. The summed E-state index contributed by atoms with van der Waals surface area (Å²) in [6, 6.07) is 10.1. The maximum Gasteiger partial charge on any atom is 0.270 e. The monoisotopic (exact) mass is 424 g/mol. The summed E-state index contributed by atoms with van der Waals surface area (Å²) < 4.78 is 0. The average Bonchev–Trinajstić information content (AvgIpc) is 3.25. The molecule has 31 heavy (non-hydrogen) atoms. The number of hydrogen-bond donors (Lipinski definition) is 3. The quantitative estimate of drug-likeness (QED) is 0.522. The first kappa shape index (κ1) is 21.2. The van der Waals surface area contributed by atoms with Gasteiger partial charge in [0, 0.05) is 51.4 Å². The van der Waals surface area contributed by atoms with Crippen LogP contribution in [0.1, 0.15) is 28.0 Å². The van der Waals surface area contributed by atoms with E-state index in [0.29, 0.717) is 25.5 Å². The van der Waals surface area contributed by atoms with E-state index < -0.39 is 6.10 Å². The van der Waals surface area contributed by atoms with Crippen molar-refractivity contribution in [3.8, 4) is 0 Å². The number of carbonyl (C=O) groups is 2. The Hall–Kier alpha value is -3.04. The SMILES string of the molecule is O=CN1CCC(Nc2cc(C(=O)NC[C@H](O)CN3CCc4ccccc4C3)ncn2)C1. The van der Waals surface area contributed by atoms with Crippen LogP contribution in [0.2, 0.25) is 0 Å². The van der Waals surface area contributed by atoms with Crippen LogP contribution in [0.25, 0.3) is 0 Å². The van der Waals surface area contributed by atoms with Crippen molar-refractivity contribution in [2.75, 3.05) is 38.0 Å². The number of nitrogens with zero attached hydrogens (tertiary/aromatic N) is 4. The number of rotatable bonds is 8. The molecule has 0 saturated carbocycles. The van der Waals surface area contributed by atoms with Crippen LogP contribution in [0.5, 0.6) is 0 Å². The third-order valence-electron chi connectivity index (χ3n) is 5.80. The standard InChI is InChI=1S/C22H28N6O3/c29-15-28-8-6-18(12-28)26-21-9-20(24-14-25-21)22(31)23-10-19(30)13-27-7-5-16-3-1-2-4-17(16)11-27/h1-4,9,14-15,18-19,30H,5-8,10-13H2,(H,23,31)(H,24,25,26)/t18?,19-/m0/s1. The number of aliphatic hydroxyl groups is 1. The molecular formula is C22H28N6O3. The molecule has 0 spiro atoms. The van der Waals surface area contributed by atoms with E-state index in [9.17, 15) is 14.7 Å². The van der Waals surface area contributed by atoms with Crippen molar-refractivity contribution in [2.45, 2.75) is 31.5 Å². The molecule has 4 rings (SSSR count). The summed E-state index contributed by atoms with van der Waals surface area (Å²) in [5.41, 5.74) is 2.90. The van der Waals surface area contributed by atoms with Crippen LogP contribution in [0.4, 0.5) is 5.82 Å². The molecule has 0 aliphatic carbocycles. The Kier molecular flexibility index (Phi) is 6.73. The van der Waals surface area contributed by atoms with Gasteiger partial charge in [0.25, 0.3) is 5.91 Å². The van der Waals surface area contributed by atoms with Gasteiger partial charge in [0.05, 0.1) is 6.10 Å². The van der Waals surface area contributed by atoms with Gasteiger partial charge in [-0.25, -0.2) is 9.97 Å². The molecule has 1 aromatic carbocycles. The lowest BCUT2D eigenvalue weighted by Crippen LogP contribution is -2.42. The smallest absolute Gasteiger partial charge is 0.270 e. The van der Waals surface area contributed by atoms with Crippen LogP contribution in [-0.4, -0.2) is 82.1 Å². The van der Waals surface area contributed by atoms with Crippen molar-refractivity contribution >= 4 is 18.1 Å². The van der Waals surface area contributed by atoms with Crippen LogP contribution in [0.3, 0.4) is 0 Å². The van der Waals surface area contributed by atoms with Gasteiger partial charge in [0.1, 0.15) is 17.8 Å². The zero-order valence-electron chi connectivity index (χ0n) is 17.4.